The lowest BCUT2D eigenvalue weighted by molar-refractivity contribution is -0.0388. The molecule has 7 nitrogen and oxygen atoms in total. The van der Waals surface area contributed by atoms with Gasteiger partial charge in [0.15, 0.2) is 0 Å². The minimum Gasteiger partial charge on any atom is -0.396 e. The maximum absolute atomic E-state index is 13.8. The number of aryl methyl sites for hydroxylation is 1. The van der Waals surface area contributed by atoms with E-state index >= 15 is 0 Å². The standard InChI is InChI=1S/C24H28FN3O4S/c1-14-7-18(25)9-21(26-14)23(30)27-19-10-22-20(8-17(19)12-32-13-31-2)28-24(33-22)16-5-3-15(11-29)4-6-16/h7-10,15-16,29H,3-6,11-13H2,1-2H3,(H,27,30)/t15-,16-. The highest BCUT2D eigenvalue weighted by atomic mass is 32.1. The zero-order valence-electron chi connectivity index (χ0n) is 18.8. The first-order chi connectivity index (χ1) is 16.0. The van der Waals surface area contributed by atoms with Crippen LogP contribution in [-0.2, 0) is 16.1 Å². The van der Waals surface area contributed by atoms with E-state index in [0.717, 1.165) is 52.5 Å². The van der Waals surface area contributed by atoms with Crippen LogP contribution in [0.4, 0.5) is 10.1 Å². The number of methoxy groups -OCH3 is 1. The van der Waals surface area contributed by atoms with E-state index in [1.54, 1.807) is 25.4 Å². The van der Waals surface area contributed by atoms with Gasteiger partial charge in [0, 0.05) is 42.6 Å². The summed E-state index contributed by atoms with van der Waals surface area (Å²) in [5.41, 5.74) is 2.63. The fraction of sp³-hybridized carbons (Fsp3) is 0.458. The molecule has 1 aromatic carbocycles. The Morgan fingerprint density at radius 3 is 2.70 bits per heavy atom. The molecule has 3 aromatic rings. The summed E-state index contributed by atoms with van der Waals surface area (Å²) in [5, 5.41) is 13.3. The van der Waals surface area contributed by atoms with Crippen molar-refractivity contribution in [2.75, 3.05) is 25.8 Å². The number of aromatic nitrogens is 2. The number of carbonyl (C=O) groups is 1. The molecule has 2 aromatic heterocycles. The Kier molecular flexibility index (Phi) is 7.64. The molecular weight excluding hydrogens is 445 g/mol. The fourth-order valence-corrected chi connectivity index (χ4v) is 5.36. The first kappa shape index (κ1) is 23.7. The summed E-state index contributed by atoms with van der Waals surface area (Å²) >= 11 is 1.63. The lowest BCUT2D eigenvalue weighted by Crippen LogP contribution is -2.16. The number of benzene rings is 1. The van der Waals surface area contributed by atoms with Crippen molar-refractivity contribution >= 4 is 33.1 Å². The SMILES string of the molecule is COCOCc1cc2nc([C@H]3CC[C@H](CO)CC3)sc2cc1NC(=O)c1cc(F)cc(C)n1. The van der Waals surface area contributed by atoms with E-state index in [9.17, 15) is 14.3 Å². The van der Waals surface area contributed by atoms with Crippen molar-refractivity contribution in [1.82, 2.24) is 9.97 Å². The number of nitrogens with zero attached hydrogens (tertiary/aromatic N) is 2. The van der Waals surface area contributed by atoms with Crippen molar-refractivity contribution in [3.05, 3.63) is 52.0 Å². The van der Waals surface area contributed by atoms with Crippen molar-refractivity contribution in [2.45, 2.75) is 45.1 Å². The van der Waals surface area contributed by atoms with Crippen LogP contribution in [-0.4, -0.2) is 41.5 Å². The van der Waals surface area contributed by atoms with Gasteiger partial charge in [-0.3, -0.25) is 4.79 Å². The molecule has 33 heavy (non-hydrogen) atoms. The van der Waals surface area contributed by atoms with Gasteiger partial charge in [-0.25, -0.2) is 14.4 Å². The van der Waals surface area contributed by atoms with Crippen molar-refractivity contribution in [2.24, 2.45) is 5.92 Å². The molecular formula is C24H28FN3O4S. The molecule has 0 unspecified atom stereocenters. The van der Waals surface area contributed by atoms with E-state index in [0.29, 0.717) is 23.2 Å². The van der Waals surface area contributed by atoms with Gasteiger partial charge in [-0.15, -0.1) is 11.3 Å². The molecule has 2 heterocycles. The van der Waals surface area contributed by atoms with Crippen molar-refractivity contribution in [3.8, 4) is 0 Å². The fourth-order valence-electron chi connectivity index (χ4n) is 4.20. The van der Waals surface area contributed by atoms with Crippen molar-refractivity contribution in [3.63, 3.8) is 0 Å². The third kappa shape index (κ3) is 5.73. The van der Waals surface area contributed by atoms with Gasteiger partial charge in [0.25, 0.3) is 5.91 Å². The zero-order chi connectivity index (χ0) is 23.4. The highest BCUT2D eigenvalue weighted by Crippen LogP contribution is 2.40. The molecule has 176 valence electrons. The maximum atomic E-state index is 13.8. The van der Waals surface area contributed by atoms with Gasteiger partial charge >= 0.3 is 0 Å². The molecule has 0 radical (unpaired) electrons. The lowest BCUT2D eigenvalue weighted by Gasteiger charge is -2.25. The monoisotopic (exact) mass is 473 g/mol. The normalized spacial score (nSPS) is 18.5. The summed E-state index contributed by atoms with van der Waals surface area (Å²) in [6, 6.07) is 6.21. The van der Waals surface area contributed by atoms with Crippen LogP contribution in [0.5, 0.6) is 0 Å². The van der Waals surface area contributed by atoms with E-state index in [2.05, 4.69) is 10.3 Å². The topological polar surface area (TPSA) is 93.6 Å². The molecule has 0 aliphatic heterocycles. The molecule has 1 saturated carbocycles. The summed E-state index contributed by atoms with van der Waals surface area (Å²) < 4.78 is 25.2. The van der Waals surface area contributed by atoms with Gasteiger partial charge in [0.05, 0.1) is 21.8 Å². The van der Waals surface area contributed by atoms with Gasteiger partial charge in [0.2, 0.25) is 0 Å². The van der Waals surface area contributed by atoms with Gasteiger partial charge < -0.3 is 19.9 Å². The van der Waals surface area contributed by atoms with E-state index in [4.69, 9.17) is 14.5 Å². The highest BCUT2D eigenvalue weighted by Gasteiger charge is 2.25. The van der Waals surface area contributed by atoms with Gasteiger partial charge in [-0.2, -0.15) is 0 Å². The summed E-state index contributed by atoms with van der Waals surface area (Å²) in [6.07, 6.45) is 4.05. The van der Waals surface area contributed by atoms with Crippen molar-refractivity contribution < 1.29 is 23.8 Å². The largest absolute Gasteiger partial charge is 0.396 e. The Morgan fingerprint density at radius 1 is 1.21 bits per heavy atom. The van der Waals surface area contributed by atoms with E-state index in [1.807, 2.05) is 12.1 Å². The second-order valence-corrected chi connectivity index (χ2v) is 9.51. The van der Waals surface area contributed by atoms with Gasteiger partial charge in [-0.05, 0) is 56.7 Å². The minimum atomic E-state index is -0.505. The van der Waals surface area contributed by atoms with Gasteiger partial charge in [0.1, 0.15) is 18.3 Å². The van der Waals surface area contributed by atoms with Gasteiger partial charge in [-0.1, -0.05) is 0 Å². The number of carbonyl (C=O) groups excluding carboxylic acids is 1. The molecule has 1 aliphatic carbocycles. The molecule has 2 N–H and O–H groups in total. The van der Waals surface area contributed by atoms with Crippen LogP contribution in [0.25, 0.3) is 10.2 Å². The predicted molar refractivity (Wildman–Crippen MR) is 125 cm³/mol. The Balaban J connectivity index is 1.61. The second-order valence-electron chi connectivity index (χ2n) is 8.45. The number of ether oxygens (including phenoxy) is 2. The Morgan fingerprint density at radius 2 is 2.00 bits per heavy atom. The summed E-state index contributed by atoms with van der Waals surface area (Å²) in [4.78, 5) is 21.8. The quantitative estimate of drug-likeness (QED) is 0.361. The number of thiazole rings is 1. The molecule has 0 spiro atoms. The third-order valence-electron chi connectivity index (χ3n) is 5.94. The molecule has 0 bridgehead atoms. The number of nitrogens with one attached hydrogen (secondary N) is 1. The number of amides is 1. The highest BCUT2D eigenvalue weighted by molar-refractivity contribution is 7.18. The van der Waals surface area contributed by atoms with Crippen LogP contribution in [0.3, 0.4) is 0 Å². The number of halogens is 1. The van der Waals surface area contributed by atoms with E-state index in [1.165, 1.54) is 6.07 Å². The number of hydrogen-bond acceptors (Lipinski definition) is 7. The number of hydrogen-bond donors (Lipinski definition) is 2. The lowest BCUT2D eigenvalue weighted by atomic mass is 9.83. The molecule has 4 rings (SSSR count). The minimum absolute atomic E-state index is 0.0157. The first-order valence-electron chi connectivity index (χ1n) is 11.0. The Hall–Kier alpha value is -2.46. The number of anilines is 1. The van der Waals surface area contributed by atoms with Crippen LogP contribution >= 0.6 is 11.3 Å². The van der Waals surface area contributed by atoms with E-state index in [-0.39, 0.29) is 25.7 Å². The number of aliphatic hydroxyl groups excluding tert-OH is 1. The molecule has 1 aliphatic rings. The molecule has 0 atom stereocenters. The molecule has 9 heteroatoms. The number of aliphatic hydroxyl groups is 1. The number of pyridine rings is 1. The Bertz CT molecular complexity index is 1110. The van der Waals surface area contributed by atoms with Crippen LogP contribution in [0.2, 0.25) is 0 Å². The third-order valence-corrected chi connectivity index (χ3v) is 7.12. The average molecular weight is 474 g/mol. The predicted octanol–water partition coefficient (Wildman–Crippen LogP) is 4.78. The van der Waals surface area contributed by atoms with Crippen molar-refractivity contribution in [1.29, 1.82) is 0 Å². The summed E-state index contributed by atoms with van der Waals surface area (Å²) in [5.74, 6) is -0.218. The first-order valence-corrected chi connectivity index (χ1v) is 11.8. The number of rotatable bonds is 8. The van der Waals surface area contributed by atoms with Crippen LogP contribution in [0.1, 0.15) is 58.4 Å². The average Bonchev–Trinajstić information content (AvgIpc) is 3.21. The summed E-state index contributed by atoms with van der Waals surface area (Å²) in [7, 11) is 1.54. The molecule has 0 saturated heterocycles. The summed E-state index contributed by atoms with van der Waals surface area (Å²) in [6.45, 7) is 2.24. The molecule has 1 amide bonds. The van der Waals surface area contributed by atoms with E-state index < -0.39 is 11.7 Å². The second kappa shape index (κ2) is 10.6. The van der Waals surface area contributed by atoms with Crippen LogP contribution in [0, 0.1) is 18.7 Å². The Labute approximate surface area is 196 Å². The van der Waals surface area contributed by atoms with Crippen LogP contribution < -0.4 is 5.32 Å². The number of fused-ring (bicyclic) bond motifs is 1. The zero-order valence-corrected chi connectivity index (χ0v) is 19.6. The molecule has 1 fully saturated rings. The smallest absolute Gasteiger partial charge is 0.274 e. The maximum Gasteiger partial charge on any atom is 0.274 e. The van der Waals surface area contributed by atoms with Crippen LogP contribution in [0.15, 0.2) is 24.3 Å².